The van der Waals surface area contributed by atoms with Gasteiger partial charge in [-0.15, -0.1) is 0 Å². The lowest BCUT2D eigenvalue weighted by molar-refractivity contribution is -0.131. The maximum Gasteiger partial charge on any atom is 0.227 e. The molecule has 1 fully saturated rings. The van der Waals surface area contributed by atoms with Gasteiger partial charge in [-0.05, 0) is 61.2 Å². The van der Waals surface area contributed by atoms with Crippen LogP contribution in [0.2, 0.25) is 0 Å². The number of likely N-dealkylation sites (tertiary alicyclic amines) is 1. The van der Waals surface area contributed by atoms with Crippen LogP contribution in [0.1, 0.15) is 31.5 Å². The number of carbonyl (C=O) groups excluding carboxylic acids is 3. The highest BCUT2D eigenvalue weighted by Gasteiger charge is 2.30. The fraction of sp³-hybridized carbons (Fsp3) is 0.267. The first-order valence-corrected chi connectivity index (χ1v) is 13.9. The van der Waals surface area contributed by atoms with Gasteiger partial charge in [0.1, 0.15) is 11.5 Å². The Labute approximate surface area is 237 Å². The number of nitrogens with one attached hydrogen (secondary N) is 2. The Morgan fingerprint density at radius 1 is 1.15 bits per heavy atom. The summed E-state index contributed by atoms with van der Waals surface area (Å²) in [6.07, 6.45) is 6.00. The third-order valence-electron chi connectivity index (χ3n) is 6.97. The predicted molar refractivity (Wildman–Crippen MR) is 155 cm³/mol. The largest absolute Gasteiger partial charge is 0.455 e. The van der Waals surface area contributed by atoms with E-state index in [0.717, 1.165) is 56.4 Å². The van der Waals surface area contributed by atoms with Crippen LogP contribution in [0, 0.1) is 5.92 Å². The van der Waals surface area contributed by atoms with Crippen molar-refractivity contribution < 1.29 is 19.1 Å². The second kappa shape index (κ2) is 13.7. The highest BCUT2D eigenvalue weighted by molar-refractivity contribution is 7.99. The van der Waals surface area contributed by atoms with Crippen LogP contribution in [0.4, 0.5) is 0 Å². The highest BCUT2D eigenvalue weighted by Crippen LogP contribution is 2.47. The predicted octanol–water partition coefficient (Wildman–Crippen LogP) is 4.65. The summed E-state index contributed by atoms with van der Waals surface area (Å²) in [7, 11) is 0. The second-order valence-electron chi connectivity index (χ2n) is 9.59. The molecular formula is C30H33N5O4S. The first-order valence-electron chi connectivity index (χ1n) is 13.0. The summed E-state index contributed by atoms with van der Waals surface area (Å²) in [5, 5.41) is 3.65. The third-order valence-corrected chi connectivity index (χ3v) is 8.08. The summed E-state index contributed by atoms with van der Waals surface area (Å²) in [5.74, 6) is 2.55. The van der Waals surface area contributed by atoms with E-state index in [1.54, 1.807) is 24.2 Å². The number of aromatic nitrogens is 2. The molecule has 208 valence electrons. The van der Waals surface area contributed by atoms with E-state index in [-0.39, 0.29) is 12.3 Å². The number of pyridine rings is 1. The number of nitrogens with zero attached hydrogens (tertiary/aromatic N) is 2. The number of carbonyl (C=O) groups is 3. The number of hydrogen-bond acceptors (Lipinski definition) is 6. The van der Waals surface area contributed by atoms with Crippen LogP contribution in [0.15, 0.2) is 76.8 Å². The summed E-state index contributed by atoms with van der Waals surface area (Å²) < 4.78 is 6.02. The normalized spacial score (nSPS) is 16.7. The number of rotatable bonds is 5. The monoisotopic (exact) mass is 559 g/mol. The quantitative estimate of drug-likeness (QED) is 0.269. The van der Waals surface area contributed by atoms with Crippen molar-refractivity contribution in [1.82, 2.24) is 20.2 Å². The minimum atomic E-state index is 0.218. The van der Waals surface area contributed by atoms with Crippen molar-refractivity contribution in [3.8, 4) is 11.5 Å². The summed E-state index contributed by atoms with van der Waals surface area (Å²) in [6, 6.07) is 18.4. The summed E-state index contributed by atoms with van der Waals surface area (Å²) >= 11 is 1.72. The van der Waals surface area contributed by atoms with Crippen molar-refractivity contribution >= 4 is 41.4 Å². The van der Waals surface area contributed by atoms with Gasteiger partial charge in [-0.1, -0.05) is 36.9 Å². The minimum absolute atomic E-state index is 0.218. The van der Waals surface area contributed by atoms with E-state index in [0.29, 0.717) is 31.3 Å². The molecule has 0 saturated carbocycles. The van der Waals surface area contributed by atoms with Crippen LogP contribution in [0.25, 0.3) is 10.9 Å². The van der Waals surface area contributed by atoms with E-state index in [1.807, 2.05) is 47.4 Å². The zero-order valence-corrected chi connectivity index (χ0v) is 23.3. The molecule has 2 atom stereocenters. The van der Waals surface area contributed by atoms with E-state index in [9.17, 15) is 9.59 Å². The van der Waals surface area contributed by atoms with Crippen LogP contribution in [-0.2, 0) is 27.3 Å². The van der Waals surface area contributed by atoms with Crippen molar-refractivity contribution in [3.63, 3.8) is 0 Å². The van der Waals surface area contributed by atoms with Crippen molar-refractivity contribution in [2.75, 3.05) is 6.54 Å². The van der Waals surface area contributed by atoms with Crippen LogP contribution in [0.5, 0.6) is 11.5 Å². The number of amides is 3. The molecule has 0 spiro atoms. The maximum atomic E-state index is 12.6. The van der Waals surface area contributed by atoms with Crippen LogP contribution < -0.4 is 15.8 Å². The smallest absolute Gasteiger partial charge is 0.227 e. The molecule has 0 bridgehead atoms. The van der Waals surface area contributed by atoms with Crippen LogP contribution in [-0.4, -0.2) is 46.2 Å². The SMILES string of the molecule is CC1CCN(C(=O)Cc2ccc3c(c2)Oc2ccccc2S3)C1C.NC=O.O=CNCc1cc2cnccc2[nH]1. The van der Waals surface area contributed by atoms with Crippen molar-refractivity contribution in [1.29, 1.82) is 0 Å². The molecule has 2 aliphatic rings. The number of primary amides is 1. The fourth-order valence-corrected chi connectivity index (χ4v) is 5.62. The Morgan fingerprint density at radius 3 is 2.65 bits per heavy atom. The maximum absolute atomic E-state index is 12.6. The highest BCUT2D eigenvalue weighted by atomic mass is 32.2. The molecule has 2 aliphatic heterocycles. The molecule has 40 heavy (non-hydrogen) atoms. The number of aromatic amines is 1. The average molecular weight is 560 g/mol. The Balaban J connectivity index is 0.000000194. The number of benzene rings is 2. The van der Waals surface area contributed by atoms with Gasteiger partial charge < -0.3 is 25.7 Å². The lowest BCUT2D eigenvalue weighted by atomic mass is 10.0. The standard InChI is InChI=1S/C20H21NO2S.C9H9N3O.CH3NO/c1-13-9-10-21(14(13)2)20(22)12-15-7-8-19-17(11-15)23-16-5-3-4-6-18(16)24-19;13-6-11-5-8-3-7-4-10-2-1-9(7)12-8;2-1-3/h3-8,11,13-14H,9-10,12H2,1-2H3;1-4,6,12H,5H2,(H,11,13);1H,(H2,2,3). The third kappa shape index (κ3) is 7.01. The molecule has 3 amide bonds. The van der Waals surface area contributed by atoms with Gasteiger partial charge in [0.05, 0.1) is 22.8 Å². The molecule has 6 rings (SSSR count). The Hall–Kier alpha value is -4.31. The molecule has 1 saturated heterocycles. The Kier molecular flexibility index (Phi) is 9.80. The van der Waals surface area contributed by atoms with Crippen molar-refractivity contribution in [2.24, 2.45) is 11.7 Å². The van der Waals surface area contributed by atoms with Crippen molar-refractivity contribution in [2.45, 2.75) is 49.1 Å². The van der Waals surface area contributed by atoms with Gasteiger partial charge in [0.2, 0.25) is 18.7 Å². The molecule has 4 aromatic rings. The number of para-hydroxylation sites is 1. The molecule has 0 aliphatic carbocycles. The number of H-pyrrole nitrogens is 1. The van der Waals surface area contributed by atoms with E-state index >= 15 is 0 Å². The van der Waals surface area contributed by atoms with Gasteiger partial charge in [0.15, 0.2) is 0 Å². The molecule has 0 radical (unpaired) electrons. The summed E-state index contributed by atoms with van der Waals surface area (Å²) in [4.78, 5) is 42.7. The first kappa shape index (κ1) is 28.7. The van der Waals surface area contributed by atoms with Gasteiger partial charge in [0.25, 0.3) is 0 Å². The van der Waals surface area contributed by atoms with Gasteiger partial charge in [-0.25, -0.2) is 0 Å². The average Bonchev–Trinajstić information content (AvgIpc) is 3.53. The van der Waals surface area contributed by atoms with E-state index in [4.69, 9.17) is 9.53 Å². The topological polar surface area (TPSA) is 130 Å². The zero-order valence-electron chi connectivity index (χ0n) is 22.5. The van der Waals surface area contributed by atoms with Crippen LogP contribution >= 0.6 is 11.8 Å². The minimum Gasteiger partial charge on any atom is -0.455 e. The summed E-state index contributed by atoms with van der Waals surface area (Å²) in [6.45, 7) is 5.78. The lowest BCUT2D eigenvalue weighted by Crippen LogP contribution is -2.36. The summed E-state index contributed by atoms with van der Waals surface area (Å²) in [5.41, 5.74) is 7.21. The van der Waals surface area contributed by atoms with E-state index < -0.39 is 0 Å². The molecule has 9 nitrogen and oxygen atoms in total. The zero-order chi connectivity index (χ0) is 28.5. The van der Waals surface area contributed by atoms with Crippen LogP contribution in [0.3, 0.4) is 0 Å². The lowest BCUT2D eigenvalue weighted by Gasteiger charge is -2.24. The first-order chi connectivity index (χ1) is 19.4. The van der Waals surface area contributed by atoms with Gasteiger partial charge >= 0.3 is 0 Å². The number of fused-ring (bicyclic) bond motifs is 3. The molecular weight excluding hydrogens is 526 g/mol. The Bertz CT molecular complexity index is 1440. The molecule has 2 aromatic heterocycles. The fourth-order valence-electron chi connectivity index (χ4n) is 4.68. The van der Waals surface area contributed by atoms with Crippen molar-refractivity contribution in [3.05, 3.63) is 78.2 Å². The number of hydrogen-bond donors (Lipinski definition) is 3. The Morgan fingerprint density at radius 2 is 1.93 bits per heavy atom. The molecule has 10 heteroatoms. The molecule has 2 unspecified atom stereocenters. The van der Waals surface area contributed by atoms with Gasteiger partial charge in [-0.2, -0.15) is 0 Å². The second-order valence-corrected chi connectivity index (χ2v) is 10.7. The van der Waals surface area contributed by atoms with Gasteiger partial charge in [0, 0.05) is 41.6 Å². The molecule has 4 heterocycles. The number of nitrogens with two attached hydrogens (primary N) is 1. The number of ether oxygens (including phenoxy) is 1. The molecule has 4 N–H and O–H groups in total. The molecule has 2 aromatic carbocycles. The van der Waals surface area contributed by atoms with Gasteiger partial charge in [-0.3, -0.25) is 19.4 Å². The van der Waals surface area contributed by atoms with E-state index in [1.165, 1.54) is 0 Å². The van der Waals surface area contributed by atoms with E-state index in [2.05, 4.69) is 47.0 Å².